The van der Waals surface area contributed by atoms with Crippen LogP contribution < -0.4 is 0 Å². The molecule has 57 heavy (non-hydrogen) atoms. The molecule has 6 saturated carbocycles. The van der Waals surface area contributed by atoms with Crippen molar-refractivity contribution in [1.29, 1.82) is 0 Å². The van der Waals surface area contributed by atoms with Gasteiger partial charge in [0.25, 0.3) is 0 Å². The van der Waals surface area contributed by atoms with Crippen molar-refractivity contribution in [2.45, 2.75) is 209 Å². The summed E-state index contributed by atoms with van der Waals surface area (Å²) >= 11 is 0. The van der Waals surface area contributed by atoms with Crippen LogP contribution in [-0.4, -0.2) is 33.6 Å². The highest BCUT2D eigenvalue weighted by Gasteiger charge is 2.51. The molecule has 11 atom stereocenters. The third kappa shape index (κ3) is 11.6. The van der Waals surface area contributed by atoms with Crippen LogP contribution in [0.15, 0.2) is 70.9 Å². The normalized spacial score (nSPS) is 38.5. The Hall–Kier alpha value is -1.68. The molecule has 0 aromatic carbocycles. The van der Waals surface area contributed by atoms with Gasteiger partial charge in [0.05, 0.1) is 18.3 Å². The lowest BCUT2D eigenvalue weighted by molar-refractivity contribution is 0.0861. The molecular formula is C54H88O3. The molecule has 6 aliphatic carbocycles. The van der Waals surface area contributed by atoms with Gasteiger partial charge < -0.3 is 15.3 Å². The molecule has 0 bridgehead atoms. The molecule has 0 unspecified atom stereocenters. The van der Waals surface area contributed by atoms with E-state index in [4.69, 9.17) is 0 Å². The van der Waals surface area contributed by atoms with E-state index in [0.717, 1.165) is 71.8 Å². The monoisotopic (exact) mass is 785 g/mol. The molecule has 6 fully saturated rings. The zero-order chi connectivity index (χ0) is 41.5. The average Bonchev–Trinajstić information content (AvgIpc) is 3.70. The first-order chi connectivity index (χ1) is 27.0. The lowest BCUT2D eigenvalue weighted by Crippen LogP contribution is -2.36. The summed E-state index contributed by atoms with van der Waals surface area (Å²) in [7, 11) is 0. The van der Waals surface area contributed by atoms with Gasteiger partial charge in [-0.05, 0) is 165 Å². The summed E-state index contributed by atoms with van der Waals surface area (Å²) in [5.41, 5.74) is 8.60. The molecule has 0 aliphatic heterocycles. The van der Waals surface area contributed by atoms with Gasteiger partial charge in [-0.15, -0.1) is 0 Å². The topological polar surface area (TPSA) is 60.7 Å². The first-order valence-corrected chi connectivity index (χ1v) is 24.2. The van der Waals surface area contributed by atoms with Gasteiger partial charge in [-0.2, -0.15) is 0 Å². The zero-order valence-corrected chi connectivity index (χ0v) is 38.3. The van der Waals surface area contributed by atoms with Crippen LogP contribution in [0.2, 0.25) is 0 Å². The predicted molar refractivity (Wildman–Crippen MR) is 244 cm³/mol. The van der Waals surface area contributed by atoms with Crippen molar-refractivity contribution in [3.63, 3.8) is 0 Å². The van der Waals surface area contributed by atoms with Gasteiger partial charge in [0.15, 0.2) is 0 Å². The van der Waals surface area contributed by atoms with Gasteiger partial charge in [-0.3, -0.25) is 0 Å². The Labute approximate surface area is 351 Å². The van der Waals surface area contributed by atoms with E-state index in [2.05, 4.69) is 92.9 Å². The van der Waals surface area contributed by atoms with E-state index in [1.165, 1.54) is 114 Å². The fourth-order valence-electron chi connectivity index (χ4n) is 13.4. The summed E-state index contributed by atoms with van der Waals surface area (Å²) < 4.78 is 0. The lowest BCUT2D eigenvalue weighted by Gasteiger charge is -2.44. The fraction of sp³-hybridized carbons (Fsp3) is 0.778. The minimum absolute atomic E-state index is 0.172. The van der Waals surface area contributed by atoms with Gasteiger partial charge in [0, 0.05) is 6.42 Å². The molecule has 3 heteroatoms. The minimum atomic E-state index is -0.595. The van der Waals surface area contributed by atoms with Crippen LogP contribution in [0.1, 0.15) is 190 Å². The first-order valence-electron chi connectivity index (χ1n) is 24.2. The summed E-state index contributed by atoms with van der Waals surface area (Å²) in [6.07, 6.45) is 33.4. The molecule has 0 amide bonds. The predicted octanol–water partition coefficient (Wildman–Crippen LogP) is 14.2. The summed E-state index contributed by atoms with van der Waals surface area (Å²) in [5.74, 6) is 6.57. The maximum Gasteiger partial charge on any atom is 0.0811 e. The Morgan fingerprint density at radius 1 is 0.596 bits per heavy atom. The molecular weight excluding hydrogens is 697 g/mol. The molecule has 3 N–H and O–H groups in total. The highest BCUT2D eigenvalue weighted by Crippen LogP contribution is 2.61. The van der Waals surface area contributed by atoms with Gasteiger partial charge >= 0.3 is 0 Å². The standard InChI is InChI=1S/C27H44O2.C27H44O/c1-18(2)8-6-9-19(3)24-13-14-25-21(10-7-15-27(24,25)5)11-12-22-16-23(28)17-26(29)20(22)4;1-19(2)8-6-9-21(4)25-15-16-26-22(10-7-17-27(25,26)5)12-13-23-18-24(28)14-11-20(23)3/h11-12,18-19,23-26,28-29H,4,6-10,13-17H2,1-3,5H3;12-13,19,21,24-26,28H,3,6-11,14-18H2,1-2,4-5H3/b21-11+,22-12-;22-12+,23-13-/t19-,23-,24-,25+,26+,27-;21-,24+,25-,26+,27-/m11/s1. The van der Waals surface area contributed by atoms with E-state index in [9.17, 15) is 15.3 Å². The minimum Gasteiger partial charge on any atom is -0.393 e. The van der Waals surface area contributed by atoms with E-state index in [1.54, 1.807) is 11.1 Å². The average molecular weight is 785 g/mol. The van der Waals surface area contributed by atoms with Gasteiger partial charge in [-0.25, -0.2) is 0 Å². The Kier molecular flexibility index (Phi) is 16.9. The van der Waals surface area contributed by atoms with Crippen molar-refractivity contribution in [3.8, 4) is 0 Å². The second-order valence-electron chi connectivity index (χ2n) is 21.8. The largest absolute Gasteiger partial charge is 0.393 e. The molecule has 6 rings (SSSR count). The molecule has 0 spiro atoms. The molecule has 0 saturated heterocycles. The number of rotatable bonds is 12. The van der Waals surface area contributed by atoms with Crippen molar-refractivity contribution in [2.24, 2.45) is 58.2 Å². The number of fused-ring (bicyclic) bond motifs is 2. The first kappa shape index (κ1) is 46.4. The SMILES string of the molecule is C=C1/C(=C\C=C2/CCC[C@]3(C)[C@@H]([C@H](C)CCCC(C)C)CC[C@@H]23)C[C@@H](O)C[C@@H]1O.C=C1CC[C@H](O)C/C1=C/C=C1\CCC[C@]2(C)[C@@H]([C@H](C)CCCC(C)C)CC[C@@H]12. The molecule has 0 radical (unpaired) electrons. The number of aliphatic hydroxyl groups excluding tert-OH is 3. The Morgan fingerprint density at radius 3 is 1.56 bits per heavy atom. The van der Waals surface area contributed by atoms with Crippen molar-refractivity contribution < 1.29 is 15.3 Å². The van der Waals surface area contributed by atoms with Crippen LogP contribution in [-0.2, 0) is 0 Å². The molecule has 322 valence electrons. The summed E-state index contributed by atoms with van der Waals surface area (Å²) in [6.45, 7) is 27.9. The zero-order valence-electron chi connectivity index (χ0n) is 38.3. The Bertz CT molecular complexity index is 1470. The van der Waals surface area contributed by atoms with Crippen molar-refractivity contribution in [2.75, 3.05) is 0 Å². The third-order valence-electron chi connectivity index (χ3n) is 16.8. The van der Waals surface area contributed by atoms with Crippen molar-refractivity contribution in [3.05, 3.63) is 70.9 Å². The van der Waals surface area contributed by atoms with E-state index < -0.39 is 12.2 Å². The van der Waals surface area contributed by atoms with Gasteiger partial charge in [0.1, 0.15) is 0 Å². The number of allylic oxidation sites excluding steroid dienone is 7. The second-order valence-corrected chi connectivity index (χ2v) is 21.8. The second kappa shape index (κ2) is 20.7. The highest BCUT2D eigenvalue weighted by atomic mass is 16.3. The smallest absolute Gasteiger partial charge is 0.0811 e. The van der Waals surface area contributed by atoms with Crippen molar-refractivity contribution in [1.82, 2.24) is 0 Å². The van der Waals surface area contributed by atoms with E-state index in [1.807, 2.05) is 0 Å². The van der Waals surface area contributed by atoms with Crippen LogP contribution in [0.25, 0.3) is 0 Å². The molecule has 0 heterocycles. The van der Waals surface area contributed by atoms with Gasteiger partial charge in [-0.1, -0.05) is 148 Å². The summed E-state index contributed by atoms with van der Waals surface area (Å²) in [6, 6.07) is 0. The Balaban J connectivity index is 0.000000218. The Morgan fingerprint density at radius 2 is 1.07 bits per heavy atom. The lowest BCUT2D eigenvalue weighted by atomic mass is 9.60. The van der Waals surface area contributed by atoms with Crippen LogP contribution in [0.5, 0.6) is 0 Å². The molecule has 0 aromatic rings. The van der Waals surface area contributed by atoms with Crippen LogP contribution in [0.4, 0.5) is 0 Å². The maximum absolute atomic E-state index is 10.1. The third-order valence-corrected chi connectivity index (χ3v) is 16.8. The quantitative estimate of drug-likeness (QED) is 0.185. The molecule has 6 aliphatic rings. The number of aliphatic hydroxyl groups is 3. The van der Waals surface area contributed by atoms with E-state index in [-0.39, 0.29) is 6.10 Å². The number of hydrogen-bond donors (Lipinski definition) is 3. The van der Waals surface area contributed by atoms with Crippen LogP contribution in [0, 0.1) is 58.2 Å². The fourth-order valence-corrected chi connectivity index (χ4v) is 13.4. The van der Waals surface area contributed by atoms with Crippen LogP contribution in [0.3, 0.4) is 0 Å². The molecule has 0 aromatic heterocycles. The van der Waals surface area contributed by atoms with E-state index in [0.29, 0.717) is 29.6 Å². The summed E-state index contributed by atoms with van der Waals surface area (Å²) in [4.78, 5) is 0. The molecule has 3 nitrogen and oxygen atoms in total. The van der Waals surface area contributed by atoms with Gasteiger partial charge in [0.2, 0.25) is 0 Å². The number of hydrogen-bond acceptors (Lipinski definition) is 3. The van der Waals surface area contributed by atoms with Crippen LogP contribution >= 0.6 is 0 Å². The van der Waals surface area contributed by atoms with E-state index >= 15 is 0 Å². The maximum atomic E-state index is 10.1. The van der Waals surface area contributed by atoms with Crippen molar-refractivity contribution >= 4 is 0 Å². The highest BCUT2D eigenvalue weighted by molar-refractivity contribution is 5.39. The summed E-state index contributed by atoms with van der Waals surface area (Å²) in [5, 5.41) is 30.2.